The molecule has 0 amide bonds. The monoisotopic (exact) mass is 204 g/mol. The standard InChI is InChI=1S/C9H16O5/c1-5(2)13-8-4-6(10)3-7(14-8)9(11)12/h5-8,10H,3-4H2,1-2H3,(H,11,12)/t6-,7-,8+/m1/s1. The molecule has 2 N–H and O–H groups in total. The van der Waals surface area contributed by atoms with Gasteiger partial charge < -0.3 is 19.7 Å². The van der Waals surface area contributed by atoms with Gasteiger partial charge >= 0.3 is 5.97 Å². The molecule has 1 rings (SSSR count). The first-order chi connectivity index (χ1) is 6.49. The molecular formula is C9H16O5. The van der Waals surface area contributed by atoms with Crippen molar-refractivity contribution in [1.29, 1.82) is 0 Å². The van der Waals surface area contributed by atoms with Crippen molar-refractivity contribution < 1.29 is 24.5 Å². The number of hydrogen-bond donors (Lipinski definition) is 2. The van der Waals surface area contributed by atoms with Crippen LogP contribution in [0.25, 0.3) is 0 Å². The molecule has 0 aromatic heterocycles. The number of carbonyl (C=O) groups is 1. The summed E-state index contributed by atoms with van der Waals surface area (Å²) in [6.07, 6.45) is -1.80. The maximum Gasteiger partial charge on any atom is 0.333 e. The summed E-state index contributed by atoms with van der Waals surface area (Å²) in [5.74, 6) is -1.05. The Hall–Kier alpha value is -0.650. The summed E-state index contributed by atoms with van der Waals surface area (Å²) in [4.78, 5) is 10.6. The molecule has 5 heteroatoms. The first-order valence-corrected chi connectivity index (χ1v) is 4.71. The van der Waals surface area contributed by atoms with Crippen LogP contribution in [0, 0.1) is 0 Å². The first kappa shape index (κ1) is 11.4. The van der Waals surface area contributed by atoms with Gasteiger partial charge in [0.25, 0.3) is 0 Å². The molecular weight excluding hydrogens is 188 g/mol. The van der Waals surface area contributed by atoms with Crippen molar-refractivity contribution >= 4 is 5.97 Å². The summed E-state index contributed by atoms with van der Waals surface area (Å²) in [7, 11) is 0. The molecule has 0 aromatic rings. The average molecular weight is 204 g/mol. The summed E-state index contributed by atoms with van der Waals surface area (Å²) in [5, 5.41) is 18.1. The molecule has 0 unspecified atom stereocenters. The van der Waals surface area contributed by atoms with Gasteiger partial charge in [-0.1, -0.05) is 0 Å². The lowest BCUT2D eigenvalue weighted by molar-refractivity contribution is -0.232. The number of carboxylic acids is 1. The number of rotatable bonds is 3. The topological polar surface area (TPSA) is 76.0 Å². The van der Waals surface area contributed by atoms with Crippen molar-refractivity contribution in [3.8, 4) is 0 Å². The third-order valence-electron chi connectivity index (χ3n) is 1.97. The van der Waals surface area contributed by atoms with Crippen LogP contribution in [-0.2, 0) is 14.3 Å². The summed E-state index contributed by atoms with van der Waals surface area (Å²) in [5.41, 5.74) is 0. The molecule has 0 spiro atoms. The molecule has 0 radical (unpaired) electrons. The van der Waals surface area contributed by atoms with Crippen molar-refractivity contribution in [3.05, 3.63) is 0 Å². The van der Waals surface area contributed by atoms with Gasteiger partial charge in [0.15, 0.2) is 12.4 Å². The van der Waals surface area contributed by atoms with Gasteiger partial charge in [-0.3, -0.25) is 0 Å². The maximum atomic E-state index is 10.6. The van der Waals surface area contributed by atoms with Gasteiger partial charge in [-0.15, -0.1) is 0 Å². The Balaban J connectivity index is 2.49. The summed E-state index contributed by atoms with van der Waals surface area (Å²) in [6, 6.07) is 0. The van der Waals surface area contributed by atoms with Crippen molar-refractivity contribution in [1.82, 2.24) is 0 Å². The van der Waals surface area contributed by atoms with Crippen LogP contribution in [0.1, 0.15) is 26.7 Å². The van der Waals surface area contributed by atoms with Gasteiger partial charge in [0.1, 0.15) is 0 Å². The zero-order valence-corrected chi connectivity index (χ0v) is 8.34. The van der Waals surface area contributed by atoms with E-state index < -0.39 is 24.5 Å². The minimum absolute atomic E-state index is 0.0419. The Morgan fingerprint density at radius 1 is 1.50 bits per heavy atom. The Morgan fingerprint density at radius 2 is 2.14 bits per heavy atom. The maximum absolute atomic E-state index is 10.6. The van der Waals surface area contributed by atoms with Gasteiger partial charge in [-0.05, 0) is 13.8 Å². The van der Waals surface area contributed by atoms with E-state index >= 15 is 0 Å². The van der Waals surface area contributed by atoms with Gasteiger partial charge in [-0.25, -0.2) is 4.79 Å². The van der Waals surface area contributed by atoms with E-state index in [0.29, 0.717) is 6.42 Å². The predicted molar refractivity (Wildman–Crippen MR) is 47.8 cm³/mol. The van der Waals surface area contributed by atoms with E-state index in [1.165, 1.54) is 0 Å². The zero-order valence-electron chi connectivity index (χ0n) is 8.34. The van der Waals surface area contributed by atoms with Gasteiger partial charge in [0.05, 0.1) is 12.2 Å². The molecule has 0 bridgehead atoms. The molecule has 0 aromatic carbocycles. The highest BCUT2D eigenvalue weighted by molar-refractivity contribution is 5.72. The zero-order chi connectivity index (χ0) is 10.7. The predicted octanol–water partition coefficient (Wildman–Crippen LogP) is 0.362. The Morgan fingerprint density at radius 3 is 2.64 bits per heavy atom. The molecule has 1 aliphatic heterocycles. The number of aliphatic hydroxyl groups excluding tert-OH is 1. The van der Waals surface area contributed by atoms with Gasteiger partial charge in [0.2, 0.25) is 0 Å². The minimum Gasteiger partial charge on any atom is -0.479 e. The fourth-order valence-electron chi connectivity index (χ4n) is 1.41. The first-order valence-electron chi connectivity index (χ1n) is 4.71. The van der Waals surface area contributed by atoms with Crippen molar-refractivity contribution in [3.63, 3.8) is 0 Å². The largest absolute Gasteiger partial charge is 0.479 e. The van der Waals surface area contributed by atoms with Crippen LogP contribution < -0.4 is 0 Å². The number of ether oxygens (including phenoxy) is 2. The third kappa shape index (κ3) is 3.25. The van der Waals surface area contributed by atoms with E-state index in [1.54, 1.807) is 0 Å². The third-order valence-corrected chi connectivity index (χ3v) is 1.97. The lowest BCUT2D eigenvalue weighted by Crippen LogP contribution is -2.41. The lowest BCUT2D eigenvalue weighted by Gasteiger charge is -2.31. The second-order valence-corrected chi connectivity index (χ2v) is 3.70. The molecule has 0 aliphatic carbocycles. The van der Waals surface area contributed by atoms with Crippen LogP contribution in [0.15, 0.2) is 0 Å². The van der Waals surface area contributed by atoms with Gasteiger partial charge in [0, 0.05) is 12.8 Å². The van der Waals surface area contributed by atoms with E-state index in [9.17, 15) is 9.90 Å². The van der Waals surface area contributed by atoms with Crippen LogP contribution in [-0.4, -0.2) is 40.8 Å². The number of aliphatic carboxylic acids is 1. The molecule has 1 fully saturated rings. The van der Waals surface area contributed by atoms with Crippen LogP contribution in [0.4, 0.5) is 0 Å². The van der Waals surface area contributed by atoms with Crippen LogP contribution in [0.3, 0.4) is 0 Å². The molecule has 5 nitrogen and oxygen atoms in total. The highest BCUT2D eigenvalue weighted by Gasteiger charge is 2.33. The Kier molecular flexibility index (Phi) is 3.86. The number of aliphatic hydroxyl groups is 1. The molecule has 14 heavy (non-hydrogen) atoms. The lowest BCUT2D eigenvalue weighted by atomic mass is 10.1. The second-order valence-electron chi connectivity index (χ2n) is 3.70. The average Bonchev–Trinajstić information content (AvgIpc) is 2.01. The summed E-state index contributed by atoms with van der Waals surface area (Å²) < 4.78 is 10.4. The van der Waals surface area contributed by atoms with E-state index in [0.717, 1.165) is 0 Å². The van der Waals surface area contributed by atoms with E-state index in [4.69, 9.17) is 14.6 Å². The quantitative estimate of drug-likeness (QED) is 0.694. The Bertz CT molecular complexity index is 201. The van der Waals surface area contributed by atoms with E-state index in [-0.39, 0.29) is 12.5 Å². The van der Waals surface area contributed by atoms with E-state index in [2.05, 4.69) is 0 Å². The van der Waals surface area contributed by atoms with Crippen LogP contribution in [0.5, 0.6) is 0 Å². The van der Waals surface area contributed by atoms with Crippen molar-refractivity contribution in [2.24, 2.45) is 0 Å². The smallest absolute Gasteiger partial charge is 0.333 e. The van der Waals surface area contributed by atoms with E-state index in [1.807, 2.05) is 13.8 Å². The SMILES string of the molecule is CC(C)O[C@@H]1C[C@H](O)C[C@H](C(=O)O)O1. The molecule has 82 valence electrons. The normalized spacial score (nSPS) is 33.3. The molecule has 0 saturated carbocycles. The minimum atomic E-state index is -1.05. The molecule has 3 atom stereocenters. The molecule has 1 heterocycles. The summed E-state index contributed by atoms with van der Waals surface area (Å²) >= 11 is 0. The second kappa shape index (κ2) is 4.72. The Labute approximate surface area is 82.6 Å². The highest BCUT2D eigenvalue weighted by atomic mass is 16.7. The summed E-state index contributed by atoms with van der Waals surface area (Å²) in [6.45, 7) is 3.67. The van der Waals surface area contributed by atoms with Gasteiger partial charge in [-0.2, -0.15) is 0 Å². The molecule has 1 saturated heterocycles. The van der Waals surface area contributed by atoms with Crippen LogP contribution in [0.2, 0.25) is 0 Å². The fourth-order valence-corrected chi connectivity index (χ4v) is 1.41. The highest BCUT2D eigenvalue weighted by Crippen LogP contribution is 2.21. The fraction of sp³-hybridized carbons (Fsp3) is 0.889. The van der Waals surface area contributed by atoms with Crippen LogP contribution >= 0.6 is 0 Å². The number of hydrogen-bond acceptors (Lipinski definition) is 4. The van der Waals surface area contributed by atoms with Crippen molar-refractivity contribution in [2.45, 2.75) is 51.3 Å². The van der Waals surface area contributed by atoms with Crippen molar-refractivity contribution in [2.75, 3.05) is 0 Å². The molecule has 1 aliphatic rings. The number of carboxylic acid groups (broad SMARTS) is 1.